The fourth-order valence-electron chi connectivity index (χ4n) is 1.60. The molecule has 1 aliphatic rings. The number of nitrogens with zero attached hydrogens (tertiary/aromatic N) is 1. The van der Waals surface area contributed by atoms with Crippen LogP contribution in [0.5, 0.6) is 0 Å². The Kier molecular flexibility index (Phi) is 2.27. The Labute approximate surface area is 88.5 Å². The molecular formula is C13H9NO. The summed E-state index contributed by atoms with van der Waals surface area (Å²) in [5.74, 6) is 5.10. The van der Waals surface area contributed by atoms with E-state index in [4.69, 9.17) is 5.26 Å². The zero-order chi connectivity index (χ0) is 10.7. The summed E-state index contributed by atoms with van der Waals surface area (Å²) in [4.78, 5) is 10.1. The van der Waals surface area contributed by atoms with Crippen molar-refractivity contribution >= 4 is 6.29 Å². The molecule has 0 amide bonds. The fourth-order valence-corrected chi connectivity index (χ4v) is 1.60. The molecule has 2 rings (SSSR count). The highest BCUT2D eigenvalue weighted by Crippen LogP contribution is 2.47. The number of nitriles is 1. The Morgan fingerprint density at radius 2 is 2.20 bits per heavy atom. The van der Waals surface area contributed by atoms with Crippen molar-refractivity contribution < 1.29 is 4.79 Å². The topological polar surface area (TPSA) is 40.9 Å². The number of benzene rings is 1. The van der Waals surface area contributed by atoms with Crippen LogP contribution < -0.4 is 0 Å². The Morgan fingerprint density at radius 3 is 2.80 bits per heavy atom. The summed E-state index contributed by atoms with van der Waals surface area (Å²) in [6.45, 7) is 0. The van der Waals surface area contributed by atoms with Crippen molar-refractivity contribution in [2.24, 2.45) is 0 Å². The average molecular weight is 195 g/mol. The van der Waals surface area contributed by atoms with Crippen molar-refractivity contribution in [3.8, 4) is 17.9 Å². The van der Waals surface area contributed by atoms with Gasteiger partial charge in [-0.05, 0) is 36.5 Å². The van der Waals surface area contributed by atoms with E-state index in [-0.39, 0.29) is 5.41 Å². The van der Waals surface area contributed by atoms with E-state index < -0.39 is 0 Å². The molecule has 2 heteroatoms. The Bertz CT molecular complexity index is 495. The SMILES string of the molecule is N#CC1(c2cccc(C#CC=O)c2)CC1. The number of hydrogen-bond acceptors (Lipinski definition) is 2. The van der Waals surface area contributed by atoms with Gasteiger partial charge < -0.3 is 0 Å². The van der Waals surface area contributed by atoms with Crippen LogP contribution in [0, 0.1) is 23.2 Å². The second-order valence-electron chi connectivity index (χ2n) is 3.66. The van der Waals surface area contributed by atoms with E-state index in [1.54, 1.807) is 0 Å². The fraction of sp³-hybridized carbons (Fsp3) is 0.231. The van der Waals surface area contributed by atoms with Gasteiger partial charge in [0.2, 0.25) is 0 Å². The number of aldehydes is 1. The number of carbonyl (C=O) groups excluding carboxylic acids is 1. The van der Waals surface area contributed by atoms with Gasteiger partial charge >= 0.3 is 0 Å². The van der Waals surface area contributed by atoms with Crippen LogP contribution in [0.2, 0.25) is 0 Å². The van der Waals surface area contributed by atoms with Gasteiger partial charge in [0.1, 0.15) is 0 Å². The zero-order valence-electron chi connectivity index (χ0n) is 8.16. The smallest absolute Gasteiger partial charge is 0.193 e. The first-order valence-corrected chi connectivity index (χ1v) is 4.78. The molecule has 0 spiro atoms. The van der Waals surface area contributed by atoms with Crippen LogP contribution in [0.25, 0.3) is 0 Å². The summed E-state index contributed by atoms with van der Waals surface area (Å²) in [6.07, 6.45) is 2.42. The minimum absolute atomic E-state index is 0.279. The third kappa shape index (κ3) is 1.75. The van der Waals surface area contributed by atoms with Crippen molar-refractivity contribution in [3.05, 3.63) is 35.4 Å². The minimum atomic E-state index is -0.279. The van der Waals surface area contributed by atoms with Gasteiger partial charge in [-0.2, -0.15) is 5.26 Å². The summed E-state index contributed by atoms with van der Waals surface area (Å²) < 4.78 is 0. The maximum atomic E-state index is 10.1. The molecule has 0 radical (unpaired) electrons. The molecule has 0 aromatic heterocycles. The summed E-state index contributed by atoms with van der Waals surface area (Å²) in [6, 6.07) is 9.89. The van der Waals surface area contributed by atoms with Gasteiger partial charge in [0.25, 0.3) is 0 Å². The van der Waals surface area contributed by atoms with Crippen LogP contribution in [0.15, 0.2) is 24.3 Å². The summed E-state index contributed by atoms with van der Waals surface area (Å²) in [5.41, 5.74) is 1.53. The van der Waals surface area contributed by atoms with Crippen LogP contribution in [0.1, 0.15) is 24.0 Å². The summed E-state index contributed by atoms with van der Waals surface area (Å²) in [7, 11) is 0. The quantitative estimate of drug-likeness (QED) is 0.506. The van der Waals surface area contributed by atoms with E-state index in [0.29, 0.717) is 6.29 Å². The van der Waals surface area contributed by atoms with E-state index in [9.17, 15) is 4.79 Å². The predicted octanol–water partition coefficient (Wildman–Crippen LogP) is 1.79. The van der Waals surface area contributed by atoms with Gasteiger partial charge in [0.05, 0.1) is 11.5 Å². The molecular weight excluding hydrogens is 186 g/mol. The highest BCUT2D eigenvalue weighted by molar-refractivity contribution is 5.74. The lowest BCUT2D eigenvalue weighted by Crippen LogP contribution is -2.02. The molecule has 0 heterocycles. The number of rotatable bonds is 1. The molecule has 1 saturated carbocycles. The summed E-state index contributed by atoms with van der Waals surface area (Å²) >= 11 is 0. The molecule has 0 unspecified atom stereocenters. The van der Waals surface area contributed by atoms with Gasteiger partial charge in [-0.25, -0.2) is 0 Å². The molecule has 15 heavy (non-hydrogen) atoms. The molecule has 0 bridgehead atoms. The molecule has 0 atom stereocenters. The molecule has 1 fully saturated rings. The maximum Gasteiger partial charge on any atom is 0.193 e. The highest BCUT2D eigenvalue weighted by Gasteiger charge is 2.44. The second-order valence-corrected chi connectivity index (χ2v) is 3.66. The molecule has 1 aromatic carbocycles. The molecule has 2 nitrogen and oxygen atoms in total. The van der Waals surface area contributed by atoms with Crippen molar-refractivity contribution in [1.82, 2.24) is 0 Å². The maximum absolute atomic E-state index is 10.1. The van der Waals surface area contributed by atoms with Gasteiger partial charge in [0.15, 0.2) is 6.29 Å². The lowest BCUT2D eigenvalue weighted by atomic mass is 9.96. The zero-order valence-corrected chi connectivity index (χ0v) is 8.16. The van der Waals surface area contributed by atoms with Crippen LogP contribution in [-0.4, -0.2) is 6.29 Å². The normalized spacial score (nSPS) is 15.7. The summed E-state index contributed by atoms with van der Waals surface area (Å²) in [5, 5.41) is 9.03. The molecule has 0 N–H and O–H groups in total. The molecule has 1 aromatic rings. The molecule has 72 valence electrons. The van der Waals surface area contributed by atoms with Gasteiger partial charge in [0, 0.05) is 5.56 Å². The van der Waals surface area contributed by atoms with E-state index >= 15 is 0 Å². The Hall–Kier alpha value is -2.06. The molecule has 1 aliphatic carbocycles. The number of carbonyl (C=O) groups is 1. The third-order valence-electron chi connectivity index (χ3n) is 2.65. The lowest BCUT2D eigenvalue weighted by Gasteiger charge is -2.05. The van der Waals surface area contributed by atoms with E-state index in [1.165, 1.54) is 0 Å². The third-order valence-corrected chi connectivity index (χ3v) is 2.65. The number of hydrogen-bond donors (Lipinski definition) is 0. The first kappa shape index (κ1) is 9.49. The van der Waals surface area contributed by atoms with Gasteiger partial charge in [-0.3, -0.25) is 4.79 Å². The van der Waals surface area contributed by atoms with Crippen LogP contribution in [0.4, 0.5) is 0 Å². The minimum Gasteiger partial charge on any atom is -0.289 e. The monoisotopic (exact) mass is 195 g/mol. The van der Waals surface area contributed by atoms with Crippen LogP contribution >= 0.6 is 0 Å². The lowest BCUT2D eigenvalue weighted by molar-refractivity contribution is -0.103. The van der Waals surface area contributed by atoms with E-state index in [0.717, 1.165) is 24.0 Å². The first-order chi connectivity index (χ1) is 7.30. The average Bonchev–Trinajstić information content (AvgIpc) is 3.08. The Morgan fingerprint density at radius 1 is 1.40 bits per heavy atom. The molecule has 0 aliphatic heterocycles. The molecule has 0 saturated heterocycles. The van der Waals surface area contributed by atoms with Crippen LogP contribution in [0.3, 0.4) is 0 Å². The van der Waals surface area contributed by atoms with Crippen LogP contribution in [-0.2, 0) is 10.2 Å². The van der Waals surface area contributed by atoms with Gasteiger partial charge in [-0.15, -0.1) is 0 Å². The van der Waals surface area contributed by atoms with E-state index in [2.05, 4.69) is 17.9 Å². The van der Waals surface area contributed by atoms with Crippen molar-refractivity contribution in [1.29, 1.82) is 5.26 Å². The van der Waals surface area contributed by atoms with Crippen molar-refractivity contribution in [2.45, 2.75) is 18.3 Å². The second kappa shape index (κ2) is 3.59. The standard InChI is InChI=1S/C13H9NO/c14-10-13(6-7-13)12-5-1-3-11(9-12)4-2-8-15/h1,3,5,8-9H,6-7H2. The predicted molar refractivity (Wildman–Crippen MR) is 55.9 cm³/mol. The Balaban J connectivity index is 2.36. The largest absolute Gasteiger partial charge is 0.289 e. The van der Waals surface area contributed by atoms with Gasteiger partial charge in [-0.1, -0.05) is 18.1 Å². The van der Waals surface area contributed by atoms with E-state index in [1.807, 2.05) is 24.3 Å². The van der Waals surface area contributed by atoms with Crippen molar-refractivity contribution in [2.75, 3.05) is 0 Å². The highest BCUT2D eigenvalue weighted by atomic mass is 16.1. The first-order valence-electron chi connectivity index (χ1n) is 4.78. The van der Waals surface area contributed by atoms with Crippen molar-refractivity contribution in [3.63, 3.8) is 0 Å².